The largest absolute Gasteiger partial charge is 0.495 e. The van der Waals surface area contributed by atoms with Gasteiger partial charge in [-0.25, -0.2) is 0 Å². The van der Waals surface area contributed by atoms with Crippen LogP contribution in [0.2, 0.25) is 0 Å². The Kier molecular flexibility index (Phi) is 8.07. The normalized spacial score (nSPS) is 19.0. The Balaban J connectivity index is 1.76. The van der Waals surface area contributed by atoms with Gasteiger partial charge in [-0.05, 0) is 43.7 Å². The molecule has 1 aromatic carbocycles. The summed E-state index contributed by atoms with van der Waals surface area (Å²) >= 11 is 0. The highest BCUT2D eigenvalue weighted by Crippen LogP contribution is 2.31. The van der Waals surface area contributed by atoms with Gasteiger partial charge in [-0.1, -0.05) is 38.8 Å². The first-order valence-electron chi connectivity index (χ1n) is 9.94. The van der Waals surface area contributed by atoms with E-state index in [1.165, 1.54) is 18.5 Å². The fraction of sp³-hybridized carbons (Fsp3) is 0.667. The fourth-order valence-electron chi connectivity index (χ4n) is 3.52. The summed E-state index contributed by atoms with van der Waals surface area (Å²) < 4.78 is 5.48. The Labute approximate surface area is 159 Å². The lowest BCUT2D eigenvalue weighted by molar-refractivity contribution is 0.414. The second kappa shape index (κ2) is 10.3. The first-order valence-corrected chi connectivity index (χ1v) is 9.94. The van der Waals surface area contributed by atoms with Gasteiger partial charge >= 0.3 is 0 Å². The Morgan fingerprint density at radius 1 is 1.31 bits per heavy atom. The first kappa shape index (κ1) is 20.4. The van der Waals surface area contributed by atoms with Crippen LogP contribution in [0.4, 0.5) is 5.69 Å². The number of methoxy groups -OCH3 is 1. The summed E-state index contributed by atoms with van der Waals surface area (Å²) in [6, 6.07) is 8.59. The molecule has 1 aliphatic rings. The van der Waals surface area contributed by atoms with Crippen LogP contribution in [0.1, 0.15) is 46.5 Å². The van der Waals surface area contributed by atoms with E-state index in [-0.39, 0.29) is 0 Å². The van der Waals surface area contributed by atoms with E-state index in [1.807, 2.05) is 12.1 Å². The Bertz CT molecular complexity index is 573. The standard InChI is InChI=1S/C21H36N4O/c1-16(2)8-7-9-17(3)24-21(22)23-14-18-12-13-25(15-18)19-10-5-6-11-20(19)26-4/h5-6,10-11,16-18H,7-9,12-15H2,1-4H3,(H3,22,23,24). The molecule has 5 heteroatoms. The van der Waals surface area contributed by atoms with Crippen molar-refractivity contribution in [3.8, 4) is 5.75 Å². The van der Waals surface area contributed by atoms with Crippen LogP contribution in [-0.2, 0) is 0 Å². The number of aliphatic imine (C=N–C) groups is 1. The van der Waals surface area contributed by atoms with Crippen molar-refractivity contribution in [1.29, 1.82) is 0 Å². The molecule has 26 heavy (non-hydrogen) atoms. The van der Waals surface area contributed by atoms with Crippen LogP contribution in [0.5, 0.6) is 5.75 Å². The average molecular weight is 361 g/mol. The zero-order valence-corrected chi connectivity index (χ0v) is 16.9. The van der Waals surface area contributed by atoms with Gasteiger partial charge in [-0.3, -0.25) is 4.99 Å². The molecule has 1 heterocycles. The van der Waals surface area contributed by atoms with Gasteiger partial charge in [-0.2, -0.15) is 0 Å². The molecule has 0 amide bonds. The lowest BCUT2D eigenvalue weighted by Crippen LogP contribution is -2.38. The summed E-state index contributed by atoms with van der Waals surface area (Å²) in [7, 11) is 1.73. The van der Waals surface area contributed by atoms with E-state index in [0.717, 1.165) is 44.1 Å². The monoisotopic (exact) mass is 360 g/mol. The minimum absolute atomic E-state index is 0.381. The molecule has 0 aromatic heterocycles. The van der Waals surface area contributed by atoms with E-state index in [1.54, 1.807) is 7.11 Å². The van der Waals surface area contributed by atoms with E-state index >= 15 is 0 Å². The molecule has 1 aliphatic heterocycles. The molecule has 2 rings (SSSR count). The Morgan fingerprint density at radius 3 is 2.81 bits per heavy atom. The topological polar surface area (TPSA) is 62.9 Å². The lowest BCUT2D eigenvalue weighted by Gasteiger charge is -2.21. The zero-order valence-electron chi connectivity index (χ0n) is 16.9. The van der Waals surface area contributed by atoms with Gasteiger partial charge in [0.15, 0.2) is 5.96 Å². The predicted octanol–water partition coefficient (Wildman–Crippen LogP) is 3.64. The molecule has 3 N–H and O–H groups in total. The van der Waals surface area contributed by atoms with Crippen LogP contribution in [0.25, 0.3) is 0 Å². The number of hydrogen-bond donors (Lipinski definition) is 2. The molecule has 0 aliphatic carbocycles. The lowest BCUT2D eigenvalue weighted by atomic mass is 10.0. The van der Waals surface area contributed by atoms with E-state index in [9.17, 15) is 0 Å². The number of nitrogens with one attached hydrogen (secondary N) is 1. The summed E-state index contributed by atoms with van der Waals surface area (Å²) in [6.45, 7) is 9.54. The third kappa shape index (κ3) is 6.43. The van der Waals surface area contributed by atoms with Crippen LogP contribution >= 0.6 is 0 Å². The van der Waals surface area contributed by atoms with Crippen molar-refractivity contribution in [2.75, 3.05) is 31.6 Å². The molecule has 146 valence electrons. The quantitative estimate of drug-likeness (QED) is 0.521. The van der Waals surface area contributed by atoms with Crippen LogP contribution < -0.4 is 20.7 Å². The third-order valence-corrected chi connectivity index (χ3v) is 5.04. The molecule has 1 aromatic rings. The average Bonchev–Trinajstić information content (AvgIpc) is 3.08. The van der Waals surface area contributed by atoms with E-state index in [4.69, 9.17) is 10.5 Å². The molecule has 0 spiro atoms. The summed E-state index contributed by atoms with van der Waals surface area (Å²) in [6.07, 6.45) is 4.78. The van der Waals surface area contributed by atoms with Crippen molar-refractivity contribution in [1.82, 2.24) is 5.32 Å². The smallest absolute Gasteiger partial charge is 0.188 e. The van der Waals surface area contributed by atoms with Crippen LogP contribution in [0.15, 0.2) is 29.3 Å². The summed E-state index contributed by atoms with van der Waals surface area (Å²) in [5.41, 5.74) is 7.25. The molecule has 5 nitrogen and oxygen atoms in total. The van der Waals surface area contributed by atoms with Gasteiger partial charge in [0.05, 0.1) is 12.8 Å². The highest BCUT2D eigenvalue weighted by Gasteiger charge is 2.24. The van der Waals surface area contributed by atoms with Gasteiger partial charge in [0.2, 0.25) is 0 Å². The number of benzene rings is 1. The van der Waals surface area contributed by atoms with Crippen LogP contribution in [0.3, 0.4) is 0 Å². The molecule has 0 saturated carbocycles. The minimum Gasteiger partial charge on any atom is -0.495 e. The summed E-state index contributed by atoms with van der Waals surface area (Å²) in [5.74, 6) is 2.82. The number of nitrogens with zero attached hydrogens (tertiary/aromatic N) is 2. The molecule has 0 bridgehead atoms. The number of nitrogens with two attached hydrogens (primary N) is 1. The summed E-state index contributed by atoms with van der Waals surface area (Å²) in [4.78, 5) is 6.97. The van der Waals surface area contributed by atoms with Gasteiger partial charge in [0.25, 0.3) is 0 Å². The van der Waals surface area contributed by atoms with Crippen molar-refractivity contribution in [2.24, 2.45) is 22.6 Å². The second-order valence-corrected chi connectivity index (χ2v) is 7.87. The number of para-hydroxylation sites is 2. The maximum atomic E-state index is 6.08. The molecule has 2 unspecified atom stereocenters. The van der Waals surface area contributed by atoms with Gasteiger partial charge in [0.1, 0.15) is 5.75 Å². The SMILES string of the molecule is COc1ccccc1N1CCC(CN=C(N)NC(C)CCCC(C)C)C1. The first-order chi connectivity index (χ1) is 12.5. The Morgan fingerprint density at radius 2 is 2.08 bits per heavy atom. The number of guanidine groups is 1. The molecule has 1 fully saturated rings. The fourth-order valence-corrected chi connectivity index (χ4v) is 3.52. The molecule has 2 atom stereocenters. The van der Waals surface area contributed by atoms with Gasteiger partial charge in [0, 0.05) is 25.7 Å². The van der Waals surface area contributed by atoms with Crippen molar-refractivity contribution in [2.45, 2.75) is 52.5 Å². The third-order valence-electron chi connectivity index (χ3n) is 5.04. The summed E-state index contributed by atoms with van der Waals surface area (Å²) in [5, 5.41) is 3.33. The minimum atomic E-state index is 0.381. The van der Waals surface area contributed by atoms with E-state index in [0.29, 0.717) is 17.9 Å². The number of rotatable bonds is 9. The highest BCUT2D eigenvalue weighted by molar-refractivity contribution is 5.78. The number of anilines is 1. The maximum absolute atomic E-state index is 6.08. The maximum Gasteiger partial charge on any atom is 0.188 e. The van der Waals surface area contributed by atoms with Crippen LogP contribution in [-0.4, -0.2) is 38.7 Å². The highest BCUT2D eigenvalue weighted by atomic mass is 16.5. The van der Waals surface area contributed by atoms with Crippen molar-refractivity contribution >= 4 is 11.6 Å². The van der Waals surface area contributed by atoms with Gasteiger partial charge < -0.3 is 20.7 Å². The molecular formula is C21H36N4O. The predicted molar refractivity (Wildman–Crippen MR) is 111 cm³/mol. The van der Waals surface area contributed by atoms with Crippen LogP contribution in [0, 0.1) is 11.8 Å². The molecule has 0 radical (unpaired) electrons. The van der Waals surface area contributed by atoms with Crippen molar-refractivity contribution in [3.05, 3.63) is 24.3 Å². The number of hydrogen-bond acceptors (Lipinski definition) is 3. The Hall–Kier alpha value is -1.91. The van der Waals surface area contributed by atoms with Crippen molar-refractivity contribution in [3.63, 3.8) is 0 Å². The zero-order chi connectivity index (χ0) is 18.9. The van der Waals surface area contributed by atoms with Gasteiger partial charge in [-0.15, -0.1) is 0 Å². The van der Waals surface area contributed by atoms with E-state index < -0.39 is 0 Å². The van der Waals surface area contributed by atoms with E-state index in [2.05, 4.69) is 48.1 Å². The second-order valence-electron chi connectivity index (χ2n) is 7.87. The number of ether oxygens (including phenoxy) is 1. The molecule has 1 saturated heterocycles. The molecular weight excluding hydrogens is 324 g/mol. The van der Waals surface area contributed by atoms with Crippen molar-refractivity contribution < 1.29 is 4.74 Å².